The van der Waals surface area contributed by atoms with Crippen molar-refractivity contribution in [2.75, 3.05) is 24.9 Å². The molecule has 25 heavy (non-hydrogen) atoms. The fourth-order valence-electron chi connectivity index (χ4n) is 2.48. The Morgan fingerprint density at radius 1 is 1.20 bits per heavy atom. The molecule has 0 aliphatic heterocycles. The second-order valence-electron chi connectivity index (χ2n) is 5.67. The number of rotatable bonds is 6. The van der Waals surface area contributed by atoms with Gasteiger partial charge in [-0.2, -0.15) is 0 Å². The monoisotopic (exact) mass is 377 g/mol. The molecule has 134 valence electrons. The van der Waals surface area contributed by atoms with Crippen LogP contribution in [0.2, 0.25) is 0 Å². The molecular formula is C19H24FN3S2. The number of nitrogens with zero attached hydrogens (tertiary/aromatic N) is 2. The lowest BCUT2D eigenvalue weighted by atomic mass is 10.1. The quantitative estimate of drug-likeness (QED) is 0.345. The lowest BCUT2D eigenvalue weighted by molar-refractivity contribution is 0.610. The molecule has 0 aliphatic rings. The highest BCUT2D eigenvalue weighted by atomic mass is 32.2. The van der Waals surface area contributed by atoms with Crippen LogP contribution in [0.4, 0.5) is 10.1 Å². The maximum Gasteiger partial charge on any atom is 0.126 e. The molecule has 0 bridgehead atoms. The Morgan fingerprint density at radius 3 is 2.64 bits per heavy atom. The highest BCUT2D eigenvalue weighted by Gasteiger charge is 2.10. The van der Waals surface area contributed by atoms with Gasteiger partial charge in [-0.25, -0.2) is 10.2 Å². The number of anilines is 1. The number of nitrogens with two attached hydrogens (primary N) is 1. The molecule has 0 spiro atoms. The van der Waals surface area contributed by atoms with Crippen molar-refractivity contribution in [2.45, 2.75) is 19.1 Å². The summed E-state index contributed by atoms with van der Waals surface area (Å²) in [7, 11) is 1.85. The molecule has 3 nitrogen and oxygen atoms in total. The Kier molecular flexibility index (Phi) is 7.81. The fourth-order valence-corrected chi connectivity index (χ4v) is 4.17. The molecule has 0 aliphatic carbocycles. The van der Waals surface area contributed by atoms with Gasteiger partial charge in [-0.3, -0.25) is 4.99 Å². The molecule has 0 amide bonds. The Bertz CT molecular complexity index is 732. The van der Waals surface area contributed by atoms with Crippen molar-refractivity contribution in [1.29, 1.82) is 0 Å². The van der Waals surface area contributed by atoms with Crippen molar-refractivity contribution in [2.24, 2.45) is 10.8 Å². The van der Waals surface area contributed by atoms with E-state index in [1.807, 2.05) is 37.6 Å². The largest absolute Gasteiger partial charge is 0.314 e. The Balaban J connectivity index is 2.00. The smallest absolute Gasteiger partial charge is 0.126 e. The van der Waals surface area contributed by atoms with Crippen molar-refractivity contribution in [1.82, 2.24) is 0 Å². The minimum atomic E-state index is -0.161. The number of halogens is 1. The Morgan fingerprint density at radius 2 is 1.96 bits per heavy atom. The first-order valence-electron chi connectivity index (χ1n) is 8.04. The summed E-state index contributed by atoms with van der Waals surface area (Å²) < 4.78 is 14.7. The predicted octanol–water partition coefficient (Wildman–Crippen LogP) is 4.64. The van der Waals surface area contributed by atoms with E-state index in [-0.39, 0.29) is 5.82 Å². The van der Waals surface area contributed by atoms with Gasteiger partial charge in [0.2, 0.25) is 0 Å². The van der Waals surface area contributed by atoms with Crippen LogP contribution in [-0.2, 0) is 12.2 Å². The van der Waals surface area contributed by atoms with E-state index in [1.165, 1.54) is 17.2 Å². The molecule has 0 heterocycles. The molecule has 2 aromatic rings. The molecule has 0 unspecified atom stereocenters. The normalized spacial score (nSPS) is 11.6. The molecule has 2 rings (SSSR count). The van der Waals surface area contributed by atoms with E-state index in [4.69, 9.17) is 5.84 Å². The van der Waals surface area contributed by atoms with Crippen LogP contribution in [0.3, 0.4) is 0 Å². The molecule has 0 saturated heterocycles. The van der Waals surface area contributed by atoms with E-state index < -0.39 is 0 Å². The Labute approximate surface area is 157 Å². The van der Waals surface area contributed by atoms with E-state index in [0.29, 0.717) is 18.5 Å². The fraction of sp³-hybridized carbons (Fsp3) is 0.316. The molecule has 0 saturated carbocycles. The minimum Gasteiger partial charge on any atom is -0.314 e. The number of aliphatic imine (C=N–C) groups is 1. The molecule has 0 aromatic heterocycles. The first-order chi connectivity index (χ1) is 12.0. The second-order valence-corrected chi connectivity index (χ2v) is 7.68. The van der Waals surface area contributed by atoms with Gasteiger partial charge >= 0.3 is 0 Å². The number of hydrogen-bond donors (Lipinski definition) is 1. The summed E-state index contributed by atoms with van der Waals surface area (Å²) in [5, 5.41) is 1.65. The van der Waals surface area contributed by atoms with Crippen LogP contribution in [-0.4, -0.2) is 24.2 Å². The van der Waals surface area contributed by atoms with Gasteiger partial charge in [-0.1, -0.05) is 42.1 Å². The van der Waals surface area contributed by atoms with Crippen LogP contribution < -0.4 is 10.9 Å². The molecule has 0 atom stereocenters. The zero-order chi connectivity index (χ0) is 18.2. The lowest BCUT2D eigenvalue weighted by Gasteiger charge is -2.18. The predicted molar refractivity (Wildman–Crippen MR) is 111 cm³/mol. The van der Waals surface area contributed by atoms with E-state index in [1.54, 1.807) is 34.6 Å². The summed E-state index contributed by atoms with van der Waals surface area (Å²) in [6.45, 7) is 2.68. The number of aryl methyl sites for hydroxylation is 1. The highest BCUT2D eigenvalue weighted by Crippen LogP contribution is 2.28. The summed E-state index contributed by atoms with van der Waals surface area (Å²) in [6, 6.07) is 13.0. The standard InChI is InChI=1S/C19H24FN3S2/c1-14-7-6-10-18(23(2)21)16(14)13-25-19(24-3)22-12-11-15-8-4-5-9-17(15)20/h4-10H,11-13,21H2,1-3H3. The van der Waals surface area contributed by atoms with Crippen molar-refractivity contribution in [3.8, 4) is 0 Å². The van der Waals surface area contributed by atoms with Crippen LogP contribution in [0.1, 0.15) is 16.7 Å². The first-order valence-corrected chi connectivity index (χ1v) is 10.3. The molecule has 2 N–H and O–H groups in total. The Hall–Kier alpha value is -1.50. The summed E-state index contributed by atoms with van der Waals surface area (Å²) >= 11 is 3.32. The summed E-state index contributed by atoms with van der Waals surface area (Å²) in [5.41, 5.74) is 4.17. The van der Waals surface area contributed by atoms with Gasteiger partial charge in [0.05, 0.1) is 5.69 Å². The third-order valence-electron chi connectivity index (χ3n) is 3.86. The van der Waals surface area contributed by atoms with Crippen LogP contribution in [0.25, 0.3) is 0 Å². The van der Waals surface area contributed by atoms with E-state index >= 15 is 0 Å². The number of thioether (sulfide) groups is 2. The number of hydrazine groups is 1. The van der Waals surface area contributed by atoms with Gasteiger partial charge in [-0.15, -0.1) is 11.8 Å². The zero-order valence-electron chi connectivity index (χ0n) is 14.8. The number of benzene rings is 2. The molecule has 6 heteroatoms. The first kappa shape index (κ1) is 19.8. The van der Waals surface area contributed by atoms with Gasteiger partial charge < -0.3 is 5.01 Å². The second kappa shape index (κ2) is 9.85. The van der Waals surface area contributed by atoms with Crippen molar-refractivity contribution in [3.63, 3.8) is 0 Å². The van der Waals surface area contributed by atoms with Crippen molar-refractivity contribution < 1.29 is 4.39 Å². The van der Waals surface area contributed by atoms with Crippen LogP contribution in [0.5, 0.6) is 0 Å². The van der Waals surface area contributed by atoms with E-state index in [2.05, 4.69) is 18.0 Å². The summed E-state index contributed by atoms with van der Waals surface area (Å²) in [4.78, 5) is 4.63. The van der Waals surface area contributed by atoms with Gasteiger partial charge in [0, 0.05) is 19.3 Å². The highest BCUT2D eigenvalue weighted by molar-refractivity contribution is 8.38. The molecular weight excluding hydrogens is 353 g/mol. The van der Waals surface area contributed by atoms with Crippen LogP contribution in [0.15, 0.2) is 47.5 Å². The molecule has 2 aromatic carbocycles. The summed E-state index contributed by atoms with van der Waals surface area (Å²) in [5.74, 6) is 6.58. The average molecular weight is 378 g/mol. The lowest BCUT2D eigenvalue weighted by Crippen LogP contribution is -2.26. The van der Waals surface area contributed by atoms with Gasteiger partial charge in [0.15, 0.2) is 0 Å². The average Bonchev–Trinajstić information content (AvgIpc) is 2.60. The van der Waals surface area contributed by atoms with Crippen molar-refractivity contribution >= 4 is 33.6 Å². The third-order valence-corrected chi connectivity index (χ3v) is 6.00. The van der Waals surface area contributed by atoms with Crippen LogP contribution in [0, 0.1) is 12.7 Å². The van der Waals surface area contributed by atoms with Crippen molar-refractivity contribution in [3.05, 3.63) is 65.0 Å². The van der Waals surface area contributed by atoms with E-state index in [9.17, 15) is 4.39 Å². The van der Waals surface area contributed by atoms with Gasteiger partial charge in [0.1, 0.15) is 10.2 Å². The van der Waals surface area contributed by atoms with E-state index in [0.717, 1.165) is 15.8 Å². The zero-order valence-corrected chi connectivity index (χ0v) is 16.5. The van der Waals surface area contributed by atoms with Gasteiger partial charge in [-0.05, 0) is 48.4 Å². The topological polar surface area (TPSA) is 41.6 Å². The molecule has 0 fully saturated rings. The third kappa shape index (κ3) is 5.76. The van der Waals surface area contributed by atoms with Crippen LogP contribution >= 0.6 is 23.5 Å². The van der Waals surface area contributed by atoms with Gasteiger partial charge in [0.25, 0.3) is 0 Å². The maximum absolute atomic E-state index is 13.7. The minimum absolute atomic E-state index is 0.161. The number of hydrogen-bond acceptors (Lipinski definition) is 5. The SMILES string of the molecule is CSC(=NCCc1ccccc1F)SCc1c(C)cccc1N(C)N. The molecule has 0 radical (unpaired) electrons. The maximum atomic E-state index is 13.7. The summed E-state index contributed by atoms with van der Waals surface area (Å²) in [6.07, 6.45) is 2.63.